The molecule has 1 aromatic carbocycles. The first-order valence-electron chi connectivity index (χ1n) is 7.04. The molecular weight excluding hydrogens is 244 g/mol. The molecular formula is C16H25F2N. The fraction of sp³-hybridized carbons (Fsp3) is 0.625. The molecule has 0 saturated carbocycles. The van der Waals surface area contributed by atoms with Gasteiger partial charge in [-0.3, -0.25) is 0 Å². The first-order chi connectivity index (χ1) is 8.90. The predicted octanol–water partition coefficient (Wildman–Crippen LogP) is 4.03. The third-order valence-electron chi connectivity index (χ3n) is 3.55. The van der Waals surface area contributed by atoms with Crippen LogP contribution in [0.25, 0.3) is 0 Å². The van der Waals surface area contributed by atoms with Gasteiger partial charge in [-0.1, -0.05) is 33.8 Å². The first kappa shape index (κ1) is 16.1. The third-order valence-corrected chi connectivity index (χ3v) is 3.55. The molecule has 0 bridgehead atoms. The van der Waals surface area contributed by atoms with Crippen LogP contribution in [-0.4, -0.2) is 13.1 Å². The van der Waals surface area contributed by atoms with E-state index in [0.29, 0.717) is 29.7 Å². The van der Waals surface area contributed by atoms with Crippen LogP contribution < -0.4 is 5.32 Å². The molecule has 2 atom stereocenters. The summed E-state index contributed by atoms with van der Waals surface area (Å²) in [5.41, 5.74) is 0.601. The highest BCUT2D eigenvalue weighted by Crippen LogP contribution is 2.19. The molecule has 1 aromatic rings. The Labute approximate surface area is 115 Å². The highest BCUT2D eigenvalue weighted by molar-refractivity contribution is 5.19. The fourth-order valence-corrected chi connectivity index (χ4v) is 2.04. The fourth-order valence-electron chi connectivity index (χ4n) is 2.04. The first-order valence-corrected chi connectivity index (χ1v) is 7.04. The van der Waals surface area contributed by atoms with Crippen molar-refractivity contribution in [3.8, 4) is 0 Å². The maximum atomic E-state index is 13.6. The lowest BCUT2D eigenvalue weighted by atomic mass is 9.89. The summed E-state index contributed by atoms with van der Waals surface area (Å²) in [6, 6.07) is 3.84. The Kier molecular flexibility index (Phi) is 6.43. The van der Waals surface area contributed by atoms with Crippen LogP contribution in [0, 0.1) is 29.4 Å². The largest absolute Gasteiger partial charge is 0.316 e. The molecule has 1 rings (SSSR count). The van der Waals surface area contributed by atoms with Crippen LogP contribution >= 0.6 is 0 Å². The summed E-state index contributed by atoms with van der Waals surface area (Å²) >= 11 is 0. The number of nitrogens with one attached hydrogen (secondary N) is 1. The Morgan fingerprint density at radius 3 is 2.26 bits per heavy atom. The van der Waals surface area contributed by atoms with E-state index in [2.05, 4.69) is 33.0 Å². The molecule has 0 aliphatic heterocycles. The monoisotopic (exact) mass is 269 g/mol. The van der Waals surface area contributed by atoms with E-state index in [1.165, 1.54) is 6.07 Å². The van der Waals surface area contributed by atoms with E-state index >= 15 is 0 Å². The molecule has 0 amide bonds. The van der Waals surface area contributed by atoms with Gasteiger partial charge in [-0.15, -0.1) is 0 Å². The standard InChI is InChI=1S/C16H25F2N/c1-11(2)9-19-10-13(4)12(3)7-14-5-6-15(17)8-16(14)18/h5-6,8,11-13,19H,7,9-10H2,1-4H3. The van der Waals surface area contributed by atoms with E-state index < -0.39 is 11.6 Å². The van der Waals surface area contributed by atoms with Crippen molar-refractivity contribution in [3.63, 3.8) is 0 Å². The van der Waals surface area contributed by atoms with Gasteiger partial charge in [0.15, 0.2) is 0 Å². The van der Waals surface area contributed by atoms with Gasteiger partial charge in [0.05, 0.1) is 0 Å². The van der Waals surface area contributed by atoms with Crippen molar-refractivity contribution in [3.05, 3.63) is 35.4 Å². The van der Waals surface area contributed by atoms with Crippen LogP contribution in [0.1, 0.15) is 33.3 Å². The molecule has 0 saturated heterocycles. The molecule has 0 radical (unpaired) electrons. The normalized spacial score (nSPS) is 14.7. The van der Waals surface area contributed by atoms with E-state index in [4.69, 9.17) is 0 Å². The highest BCUT2D eigenvalue weighted by atomic mass is 19.1. The van der Waals surface area contributed by atoms with E-state index in [1.807, 2.05) is 0 Å². The molecule has 1 nitrogen and oxygen atoms in total. The van der Waals surface area contributed by atoms with Crippen molar-refractivity contribution in [2.75, 3.05) is 13.1 Å². The van der Waals surface area contributed by atoms with Crippen molar-refractivity contribution in [1.82, 2.24) is 5.32 Å². The summed E-state index contributed by atoms with van der Waals surface area (Å²) < 4.78 is 26.4. The lowest BCUT2D eigenvalue weighted by Crippen LogP contribution is -2.29. The minimum Gasteiger partial charge on any atom is -0.316 e. The second kappa shape index (κ2) is 7.59. The number of benzene rings is 1. The smallest absolute Gasteiger partial charge is 0.129 e. The molecule has 0 aliphatic carbocycles. The van der Waals surface area contributed by atoms with E-state index in [9.17, 15) is 8.78 Å². The van der Waals surface area contributed by atoms with Crippen LogP contribution in [0.4, 0.5) is 8.78 Å². The Hall–Kier alpha value is -0.960. The quantitative estimate of drug-likeness (QED) is 0.788. The zero-order chi connectivity index (χ0) is 14.4. The van der Waals surface area contributed by atoms with Gasteiger partial charge < -0.3 is 5.32 Å². The van der Waals surface area contributed by atoms with E-state index in [0.717, 1.165) is 19.2 Å². The van der Waals surface area contributed by atoms with Crippen LogP contribution in [0.5, 0.6) is 0 Å². The zero-order valence-corrected chi connectivity index (χ0v) is 12.3. The Bertz CT molecular complexity index is 390. The molecule has 0 fully saturated rings. The lowest BCUT2D eigenvalue weighted by Gasteiger charge is -2.21. The average molecular weight is 269 g/mol. The highest BCUT2D eigenvalue weighted by Gasteiger charge is 2.15. The summed E-state index contributed by atoms with van der Waals surface area (Å²) in [5.74, 6) is 0.509. The minimum atomic E-state index is -0.513. The van der Waals surface area contributed by atoms with Gasteiger partial charge in [0.25, 0.3) is 0 Å². The molecule has 0 heterocycles. The van der Waals surface area contributed by atoms with Crippen molar-refractivity contribution >= 4 is 0 Å². The molecule has 0 aromatic heterocycles. The van der Waals surface area contributed by atoms with Gasteiger partial charge in [0.2, 0.25) is 0 Å². The number of hydrogen-bond donors (Lipinski definition) is 1. The van der Waals surface area contributed by atoms with E-state index in [-0.39, 0.29) is 0 Å². The van der Waals surface area contributed by atoms with Crippen molar-refractivity contribution in [2.45, 2.75) is 34.1 Å². The number of rotatable bonds is 7. The molecule has 0 aliphatic rings. The molecule has 108 valence electrons. The Balaban J connectivity index is 2.47. The van der Waals surface area contributed by atoms with Crippen LogP contribution in [-0.2, 0) is 6.42 Å². The second-order valence-corrected chi connectivity index (χ2v) is 5.95. The minimum absolute atomic E-state index is 0.361. The Morgan fingerprint density at radius 1 is 1.00 bits per heavy atom. The summed E-state index contributed by atoms with van der Waals surface area (Å²) in [6.45, 7) is 10.6. The number of halogens is 2. The number of hydrogen-bond acceptors (Lipinski definition) is 1. The molecule has 1 N–H and O–H groups in total. The van der Waals surface area contributed by atoms with Crippen molar-refractivity contribution in [1.29, 1.82) is 0 Å². The van der Waals surface area contributed by atoms with E-state index in [1.54, 1.807) is 6.07 Å². The summed E-state index contributed by atoms with van der Waals surface area (Å²) in [6.07, 6.45) is 0.649. The van der Waals surface area contributed by atoms with Gasteiger partial charge in [0, 0.05) is 6.07 Å². The Morgan fingerprint density at radius 2 is 1.68 bits per heavy atom. The van der Waals surface area contributed by atoms with Crippen LogP contribution in [0.2, 0.25) is 0 Å². The molecule has 19 heavy (non-hydrogen) atoms. The predicted molar refractivity (Wildman–Crippen MR) is 76.1 cm³/mol. The van der Waals surface area contributed by atoms with Gasteiger partial charge in [-0.25, -0.2) is 8.78 Å². The van der Waals surface area contributed by atoms with Crippen LogP contribution in [0.3, 0.4) is 0 Å². The third kappa shape index (κ3) is 5.68. The average Bonchev–Trinajstić information content (AvgIpc) is 2.32. The zero-order valence-electron chi connectivity index (χ0n) is 12.3. The summed E-state index contributed by atoms with van der Waals surface area (Å²) in [4.78, 5) is 0. The van der Waals surface area contributed by atoms with Crippen molar-refractivity contribution in [2.24, 2.45) is 17.8 Å². The summed E-state index contributed by atoms with van der Waals surface area (Å²) in [5, 5.41) is 3.42. The molecule has 3 heteroatoms. The molecule has 0 spiro atoms. The van der Waals surface area contributed by atoms with Gasteiger partial charge in [-0.05, 0) is 48.9 Å². The van der Waals surface area contributed by atoms with Crippen LogP contribution in [0.15, 0.2) is 18.2 Å². The lowest BCUT2D eigenvalue weighted by molar-refractivity contribution is 0.354. The summed E-state index contributed by atoms with van der Waals surface area (Å²) in [7, 11) is 0. The second-order valence-electron chi connectivity index (χ2n) is 5.95. The van der Waals surface area contributed by atoms with Gasteiger partial charge >= 0.3 is 0 Å². The van der Waals surface area contributed by atoms with Gasteiger partial charge in [0.1, 0.15) is 11.6 Å². The molecule has 2 unspecified atom stereocenters. The van der Waals surface area contributed by atoms with Crippen molar-refractivity contribution < 1.29 is 8.78 Å². The van der Waals surface area contributed by atoms with Gasteiger partial charge in [-0.2, -0.15) is 0 Å². The maximum Gasteiger partial charge on any atom is 0.129 e. The maximum absolute atomic E-state index is 13.6. The topological polar surface area (TPSA) is 12.0 Å². The SMILES string of the molecule is CC(C)CNCC(C)C(C)Cc1ccc(F)cc1F.